The second-order valence-corrected chi connectivity index (χ2v) is 6.07. The van der Waals surface area contributed by atoms with E-state index in [9.17, 15) is 4.79 Å². The highest BCUT2D eigenvalue weighted by molar-refractivity contribution is 5.78. The van der Waals surface area contributed by atoms with Crippen LogP contribution in [-0.2, 0) is 9.53 Å². The zero-order chi connectivity index (χ0) is 17.1. The maximum atomic E-state index is 12.2. The summed E-state index contributed by atoms with van der Waals surface area (Å²) < 4.78 is 11.2. The zero-order valence-electron chi connectivity index (χ0n) is 14.1. The Labute approximate surface area is 140 Å². The number of hydrogen-bond acceptors (Lipinski definition) is 5. The molecule has 0 bridgehead atoms. The zero-order valence-corrected chi connectivity index (χ0v) is 14.1. The summed E-state index contributed by atoms with van der Waals surface area (Å²) in [4.78, 5) is 16.5. The largest absolute Gasteiger partial charge is 0.484 e. The van der Waals surface area contributed by atoms with Crippen LogP contribution in [0.25, 0.3) is 0 Å². The first kappa shape index (κ1) is 16.4. The molecular weight excluding hydrogens is 308 g/mol. The molecule has 0 spiro atoms. The molecule has 7 nitrogen and oxygen atoms in total. The second-order valence-electron chi connectivity index (χ2n) is 6.07. The van der Waals surface area contributed by atoms with Crippen molar-refractivity contribution in [3.8, 4) is 5.75 Å². The van der Waals surface area contributed by atoms with Crippen molar-refractivity contribution in [2.24, 2.45) is 0 Å². The average Bonchev–Trinajstić information content (AvgIpc) is 3.17. The maximum absolute atomic E-state index is 12.2. The summed E-state index contributed by atoms with van der Waals surface area (Å²) in [7, 11) is 0. The molecule has 7 heteroatoms. The number of aryl methyl sites for hydroxylation is 3. The molecular formula is C17H22N4O3. The second kappa shape index (κ2) is 7.00. The first-order chi connectivity index (χ1) is 11.5. The summed E-state index contributed by atoms with van der Waals surface area (Å²) in [5, 5.41) is 9.87. The van der Waals surface area contributed by atoms with E-state index in [1.165, 1.54) is 5.56 Å². The molecule has 2 aromatic rings. The van der Waals surface area contributed by atoms with Gasteiger partial charge in [-0.15, -0.1) is 0 Å². The van der Waals surface area contributed by atoms with E-state index in [-0.39, 0.29) is 24.7 Å². The molecule has 1 aliphatic rings. The van der Waals surface area contributed by atoms with Gasteiger partial charge < -0.3 is 14.8 Å². The van der Waals surface area contributed by atoms with Crippen molar-refractivity contribution in [1.29, 1.82) is 0 Å². The Balaban J connectivity index is 1.55. The number of ether oxygens (including phenoxy) is 2. The fraction of sp³-hybridized carbons (Fsp3) is 0.471. The SMILES string of the molecule is Cc1nc([C@@H]2OCC[C@@H]2NC(=O)COc2ccc(C)c(C)c2)n[nH]1. The molecule has 24 heavy (non-hydrogen) atoms. The summed E-state index contributed by atoms with van der Waals surface area (Å²) >= 11 is 0. The number of aromatic nitrogens is 3. The molecule has 128 valence electrons. The van der Waals surface area contributed by atoms with Crippen LogP contribution in [0.15, 0.2) is 18.2 Å². The number of carbonyl (C=O) groups is 1. The quantitative estimate of drug-likeness (QED) is 0.872. The van der Waals surface area contributed by atoms with Crippen LogP contribution in [0.3, 0.4) is 0 Å². The fourth-order valence-electron chi connectivity index (χ4n) is 2.68. The average molecular weight is 330 g/mol. The van der Waals surface area contributed by atoms with Crippen LogP contribution in [0.4, 0.5) is 0 Å². The number of benzene rings is 1. The van der Waals surface area contributed by atoms with Gasteiger partial charge in [0.1, 0.15) is 17.7 Å². The van der Waals surface area contributed by atoms with Gasteiger partial charge in [-0.25, -0.2) is 4.98 Å². The van der Waals surface area contributed by atoms with Crippen molar-refractivity contribution < 1.29 is 14.3 Å². The molecule has 1 aromatic heterocycles. The minimum atomic E-state index is -0.319. The number of hydrogen-bond donors (Lipinski definition) is 2. The molecule has 0 unspecified atom stereocenters. The summed E-state index contributed by atoms with van der Waals surface area (Å²) in [6.07, 6.45) is 0.411. The smallest absolute Gasteiger partial charge is 0.258 e. The van der Waals surface area contributed by atoms with Gasteiger partial charge >= 0.3 is 0 Å². The van der Waals surface area contributed by atoms with Crippen LogP contribution < -0.4 is 10.1 Å². The molecule has 2 atom stereocenters. The monoisotopic (exact) mass is 330 g/mol. The van der Waals surface area contributed by atoms with Crippen molar-refractivity contribution in [2.45, 2.75) is 39.3 Å². The Morgan fingerprint density at radius 1 is 1.38 bits per heavy atom. The van der Waals surface area contributed by atoms with E-state index in [1.807, 2.05) is 39.0 Å². The van der Waals surface area contributed by atoms with Crippen molar-refractivity contribution in [3.05, 3.63) is 41.0 Å². The predicted molar refractivity (Wildman–Crippen MR) is 87.8 cm³/mol. The molecule has 0 radical (unpaired) electrons. The number of nitrogens with one attached hydrogen (secondary N) is 2. The molecule has 1 amide bonds. The molecule has 1 aromatic carbocycles. The van der Waals surface area contributed by atoms with Crippen molar-refractivity contribution >= 4 is 5.91 Å². The molecule has 0 aliphatic carbocycles. The van der Waals surface area contributed by atoms with Crippen LogP contribution in [0.5, 0.6) is 5.75 Å². The Kier molecular flexibility index (Phi) is 4.80. The van der Waals surface area contributed by atoms with E-state index < -0.39 is 0 Å². The number of aromatic amines is 1. The van der Waals surface area contributed by atoms with E-state index in [4.69, 9.17) is 9.47 Å². The molecule has 3 rings (SSSR count). The van der Waals surface area contributed by atoms with Gasteiger partial charge in [0.15, 0.2) is 12.4 Å². The Bertz CT molecular complexity index is 728. The van der Waals surface area contributed by atoms with Crippen LogP contribution in [0.2, 0.25) is 0 Å². The molecule has 1 aliphatic heterocycles. The van der Waals surface area contributed by atoms with Gasteiger partial charge in [0.25, 0.3) is 5.91 Å². The molecule has 2 N–H and O–H groups in total. The number of rotatable bonds is 5. The van der Waals surface area contributed by atoms with Gasteiger partial charge in [-0.05, 0) is 50.5 Å². The summed E-state index contributed by atoms with van der Waals surface area (Å²) in [5.41, 5.74) is 2.33. The topological polar surface area (TPSA) is 89.1 Å². The van der Waals surface area contributed by atoms with Crippen LogP contribution >= 0.6 is 0 Å². The highest BCUT2D eigenvalue weighted by Crippen LogP contribution is 2.26. The van der Waals surface area contributed by atoms with E-state index in [0.717, 1.165) is 17.8 Å². The highest BCUT2D eigenvalue weighted by Gasteiger charge is 2.33. The third-order valence-electron chi connectivity index (χ3n) is 4.16. The lowest BCUT2D eigenvalue weighted by Crippen LogP contribution is -2.39. The van der Waals surface area contributed by atoms with Gasteiger partial charge in [0, 0.05) is 6.61 Å². The predicted octanol–water partition coefficient (Wildman–Crippen LogP) is 1.76. The van der Waals surface area contributed by atoms with Gasteiger partial charge in [-0.2, -0.15) is 5.10 Å². The summed E-state index contributed by atoms with van der Waals surface area (Å²) in [6.45, 7) is 6.43. The third-order valence-corrected chi connectivity index (χ3v) is 4.16. The van der Waals surface area contributed by atoms with Gasteiger partial charge in [-0.1, -0.05) is 6.07 Å². The summed E-state index contributed by atoms with van der Waals surface area (Å²) in [6, 6.07) is 5.64. The third kappa shape index (κ3) is 3.73. The summed E-state index contributed by atoms with van der Waals surface area (Å²) in [5.74, 6) is 1.81. The standard InChI is InChI=1S/C17H22N4O3/c1-10-4-5-13(8-11(10)2)24-9-15(22)19-14-6-7-23-16(14)17-18-12(3)20-21-17/h4-5,8,14,16H,6-7,9H2,1-3H3,(H,19,22)(H,18,20,21)/t14-,16+/m0/s1. The Morgan fingerprint density at radius 2 is 2.21 bits per heavy atom. The fourth-order valence-corrected chi connectivity index (χ4v) is 2.68. The molecule has 1 saturated heterocycles. The molecule has 1 fully saturated rings. The van der Waals surface area contributed by atoms with E-state index >= 15 is 0 Å². The van der Waals surface area contributed by atoms with E-state index in [0.29, 0.717) is 18.2 Å². The lowest BCUT2D eigenvalue weighted by Gasteiger charge is -2.17. The number of H-pyrrole nitrogens is 1. The number of carbonyl (C=O) groups excluding carboxylic acids is 1. The minimum Gasteiger partial charge on any atom is -0.484 e. The van der Waals surface area contributed by atoms with Gasteiger partial charge in [0.2, 0.25) is 0 Å². The first-order valence-electron chi connectivity index (χ1n) is 8.03. The minimum absolute atomic E-state index is 0.0290. The molecule has 0 saturated carbocycles. The number of nitrogens with zero attached hydrogens (tertiary/aromatic N) is 2. The molecule has 2 heterocycles. The Morgan fingerprint density at radius 3 is 2.92 bits per heavy atom. The van der Waals surface area contributed by atoms with Crippen molar-refractivity contribution in [1.82, 2.24) is 20.5 Å². The van der Waals surface area contributed by atoms with Crippen LogP contribution in [-0.4, -0.2) is 40.3 Å². The lowest BCUT2D eigenvalue weighted by molar-refractivity contribution is -0.124. The lowest BCUT2D eigenvalue weighted by atomic mass is 10.1. The highest BCUT2D eigenvalue weighted by atomic mass is 16.5. The van der Waals surface area contributed by atoms with E-state index in [1.54, 1.807) is 0 Å². The van der Waals surface area contributed by atoms with Crippen LogP contribution in [0.1, 0.15) is 35.3 Å². The van der Waals surface area contributed by atoms with Crippen molar-refractivity contribution in [2.75, 3.05) is 13.2 Å². The van der Waals surface area contributed by atoms with Gasteiger partial charge in [-0.3, -0.25) is 9.89 Å². The Hall–Kier alpha value is -2.41. The van der Waals surface area contributed by atoms with Crippen molar-refractivity contribution in [3.63, 3.8) is 0 Å². The number of amides is 1. The van der Waals surface area contributed by atoms with Crippen LogP contribution in [0, 0.1) is 20.8 Å². The normalized spacial score (nSPS) is 20.1. The van der Waals surface area contributed by atoms with E-state index in [2.05, 4.69) is 20.5 Å². The van der Waals surface area contributed by atoms with Gasteiger partial charge in [0.05, 0.1) is 6.04 Å². The first-order valence-corrected chi connectivity index (χ1v) is 8.03. The maximum Gasteiger partial charge on any atom is 0.258 e.